The second kappa shape index (κ2) is 7.37. The molecule has 142 valence electrons. The third-order valence-corrected chi connectivity index (χ3v) is 7.68. The fraction of sp³-hybridized carbons (Fsp3) is 0.708. The molecule has 4 aliphatic carbocycles. The van der Waals surface area contributed by atoms with E-state index in [-0.39, 0.29) is 5.92 Å². The van der Waals surface area contributed by atoms with Crippen molar-refractivity contribution in [1.29, 1.82) is 0 Å². The molecular weight excluding hydrogens is 320 g/mol. The number of carboxylic acid groups (broad SMARTS) is 1. The third-order valence-electron chi connectivity index (χ3n) is 7.68. The van der Waals surface area contributed by atoms with Crippen molar-refractivity contribution in [2.45, 2.75) is 83.5 Å². The van der Waals surface area contributed by atoms with E-state index in [4.69, 9.17) is 0 Å². The molecule has 0 aliphatic heterocycles. The van der Waals surface area contributed by atoms with Crippen LogP contribution in [0.2, 0.25) is 0 Å². The van der Waals surface area contributed by atoms with E-state index >= 15 is 0 Å². The van der Waals surface area contributed by atoms with Crippen LogP contribution in [0, 0.1) is 23.2 Å². The average molecular weight is 355 g/mol. The van der Waals surface area contributed by atoms with Gasteiger partial charge < -0.3 is 5.11 Å². The minimum atomic E-state index is -0.712. The van der Waals surface area contributed by atoms with Crippen molar-refractivity contribution in [2.24, 2.45) is 23.2 Å². The zero-order valence-corrected chi connectivity index (χ0v) is 16.3. The van der Waals surface area contributed by atoms with Crippen LogP contribution in [-0.2, 0) is 11.2 Å². The molecule has 0 amide bonds. The van der Waals surface area contributed by atoms with Crippen LogP contribution in [0.15, 0.2) is 24.3 Å². The number of benzene rings is 1. The topological polar surface area (TPSA) is 37.3 Å². The first kappa shape index (κ1) is 18.1. The van der Waals surface area contributed by atoms with E-state index in [9.17, 15) is 9.90 Å². The summed E-state index contributed by atoms with van der Waals surface area (Å²) in [4.78, 5) is 11.3. The first-order chi connectivity index (χ1) is 12.6. The zero-order chi connectivity index (χ0) is 18.1. The van der Waals surface area contributed by atoms with Gasteiger partial charge in [-0.15, -0.1) is 0 Å². The highest BCUT2D eigenvalue weighted by atomic mass is 16.4. The monoisotopic (exact) mass is 354 g/mol. The lowest BCUT2D eigenvalue weighted by Gasteiger charge is -2.57. The molecule has 1 aromatic carbocycles. The molecule has 0 aromatic heterocycles. The van der Waals surface area contributed by atoms with E-state index in [1.54, 1.807) is 19.3 Å². The summed E-state index contributed by atoms with van der Waals surface area (Å²) in [7, 11) is 0. The molecule has 1 aromatic rings. The molecular formula is C24H34O2. The zero-order valence-electron chi connectivity index (χ0n) is 16.3. The molecule has 0 saturated heterocycles. The number of unbranched alkanes of at least 4 members (excludes halogenated alkanes) is 1. The first-order valence-electron chi connectivity index (χ1n) is 10.9. The third kappa shape index (κ3) is 3.70. The Bertz CT molecular complexity index is 595. The highest BCUT2D eigenvalue weighted by Crippen LogP contribution is 2.61. The van der Waals surface area contributed by atoms with Crippen LogP contribution in [0.3, 0.4) is 0 Å². The number of aryl methyl sites for hydroxylation is 1. The molecule has 0 spiro atoms. The minimum Gasteiger partial charge on any atom is -0.481 e. The molecule has 4 fully saturated rings. The molecule has 26 heavy (non-hydrogen) atoms. The Morgan fingerprint density at radius 1 is 1.04 bits per heavy atom. The summed E-state index contributed by atoms with van der Waals surface area (Å²) in [6.07, 6.45) is 15.1. The quantitative estimate of drug-likeness (QED) is 0.565. The molecule has 4 saturated carbocycles. The second-order valence-corrected chi connectivity index (χ2v) is 9.67. The SMILES string of the molecule is CCC(C(=O)O)c1ccc(CCCCC23CC4CC(CC(C4)C2)C3)cc1. The van der Waals surface area contributed by atoms with Crippen LogP contribution in [0.25, 0.3) is 0 Å². The van der Waals surface area contributed by atoms with Gasteiger partial charge in [-0.2, -0.15) is 0 Å². The van der Waals surface area contributed by atoms with Crippen LogP contribution < -0.4 is 0 Å². The van der Waals surface area contributed by atoms with Gasteiger partial charge >= 0.3 is 5.97 Å². The summed E-state index contributed by atoms with van der Waals surface area (Å²) in [6.45, 7) is 1.94. The lowest BCUT2D eigenvalue weighted by atomic mass is 9.48. The maximum absolute atomic E-state index is 11.3. The summed E-state index contributed by atoms with van der Waals surface area (Å²) in [5, 5.41) is 9.29. The van der Waals surface area contributed by atoms with Crippen LogP contribution in [0.4, 0.5) is 0 Å². The van der Waals surface area contributed by atoms with Crippen LogP contribution >= 0.6 is 0 Å². The smallest absolute Gasteiger partial charge is 0.310 e. The van der Waals surface area contributed by atoms with Gasteiger partial charge in [0.25, 0.3) is 0 Å². The van der Waals surface area contributed by atoms with E-state index in [0.717, 1.165) is 29.7 Å². The fourth-order valence-electron chi connectivity index (χ4n) is 6.89. The van der Waals surface area contributed by atoms with Gasteiger partial charge in [0.05, 0.1) is 5.92 Å². The van der Waals surface area contributed by atoms with Gasteiger partial charge in [-0.05, 0) is 98.5 Å². The largest absolute Gasteiger partial charge is 0.481 e. The van der Waals surface area contributed by atoms with E-state index < -0.39 is 5.97 Å². The van der Waals surface area contributed by atoms with Gasteiger partial charge in [0.2, 0.25) is 0 Å². The Labute approximate surface area is 158 Å². The normalized spacial score (nSPS) is 33.3. The van der Waals surface area contributed by atoms with E-state index in [0.29, 0.717) is 11.8 Å². The Morgan fingerprint density at radius 3 is 2.12 bits per heavy atom. The first-order valence-corrected chi connectivity index (χ1v) is 10.9. The highest BCUT2D eigenvalue weighted by Gasteiger charge is 2.50. The van der Waals surface area contributed by atoms with Gasteiger partial charge in [0.15, 0.2) is 0 Å². The van der Waals surface area contributed by atoms with Gasteiger partial charge in [-0.1, -0.05) is 37.6 Å². The van der Waals surface area contributed by atoms with Crippen LogP contribution in [-0.4, -0.2) is 11.1 Å². The molecule has 4 bridgehead atoms. The van der Waals surface area contributed by atoms with Crippen molar-refractivity contribution in [1.82, 2.24) is 0 Å². The molecule has 4 aliphatic rings. The standard InChI is InChI=1S/C24H34O2/c1-2-22(23(25)26)21-8-6-17(7-9-21)5-3-4-10-24-14-18-11-19(15-24)13-20(12-18)16-24/h6-9,18-20,22H,2-5,10-16H2,1H3,(H,25,26). The Morgan fingerprint density at radius 2 is 1.62 bits per heavy atom. The lowest BCUT2D eigenvalue weighted by Crippen LogP contribution is -2.45. The number of hydrogen-bond donors (Lipinski definition) is 1. The number of carboxylic acids is 1. The van der Waals surface area contributed by atoms with Crippen molar-refractivity contribution >= 4 is 5.97 Å². The summed E-state index contributed by atoms with van der Waals surface area (Å²) in [5.74, 6) is 2.12. The number of hydrogen-bond acceptors (Lipinski definition) is 1. The molecule has 1 N–H and O–H groups in total. The number of aliphatic carboxylic acids is 1. The molecule has 0 radical (unpaired) electrons. The maximum atomic E-state index is 11.3. The molecule has 2 nitrogen and oxygen atoms in total. The van der Waals surface area contributed by atoms with Crippen molar-refractivity contribution < 1.29 is 9.90 Å². The van der Waals surface area contributed by atoms with Crippen molar-refractivity contribution in [2.75, 3.05) is 0 Å². The van der Waals surface area contributed by atoms with E-state index in [1.165, 1.54) is 44.1 Å². The van der Waals surface area contributed by atoms with Crippen LogP contribution in [0.5, 0.6) is 0 Å². The van der Waals surface area contributed by atoms with Gasteiger partial charge in [-0.25, -0.2) is 0 Å². The van der Waals surface area contributed by atoms with Crippen LogP contribution in [0.1, 0.15) is 88.2 Å². The maximum Gasteiger partial charge on any atom is 0.310 e. The molecule has 1 unspecified atom stereocenters. The Hall–Kier alpha value is -1.31. The minimum absolute atomic E-state index is 0.361. The van der Waals surface area contributed by atoms with E-state index in [2.05, 4.69) is 12.1 Å². The second-order valence-electron chi connectivity index (χ2n) is 9.67. The lowest BCUT2D eigenvalue weighted by molar-refractivity contribution is -0.138. The van der Waals surface area contributed by atoms with Gasteiger partial charge in [-0.3, -0.25) is 4.79 Å². The predicted octanol–water partition coefficient (Wildman–Crippen LogP) is 6.19. The molecule has 5 rings (SSSR count). The van der Waals surface area contributed by atoms with E-state index in [1.807, 2.05) is 19.1 Å². The predicted molar refractivity (Wildman–Crippen MR) is 105 cm³/mol. The fourth-order valence-corrected chi connectivity index (χ4v) is 6.89. The summed E-state index contributed by atoms with van der Waals surface area (Å²) in [6, 6.07) is 8.34. The summed E-state index contributed by atoms with van der Waals surface area (Å²) in [5.41, 5.74) is 3.02. The van der Waals surface area contributed by atoms with Gasteiger partial charge in [0.1, 0.15) is 0 Å². The highest BCUT2D eigenvalue weighted by molar-refractivity contribution is 5.75. The van der Waals surface area contributed by atoms with Crippen molar-refractivity contribution in [3.63, 3.8) is 0 Å². The molecule has 2 heteroatoms. The summed E-state index contributed by atoms with van der Waals surface area (Å²) >= 11 is 0. The van der Waals surface area contributed by atoms with Gasteiger partial charge in [0, 0.05) is 0 Å². The molecule has 1 atom stereocenters. The number of rotatable bonds is 8. The average Bonchev–Trinajstić information content (AvgIpc) is 2.59. The van der Waals surface area contributed by atoms with Crippen molar-refractivity contribution in [3.05, 3.63) is 35.4 Å². The van der Waals surface area contributed by atoms with Crippen molar-refractivity contribution in [3.8, 4) is 0 Å². The Kier molecular flexibility index (Phi) is 5.12. The number of carbonyl (C=O) groups is 1. The Balaban J connectivity index is 1.26. The molecule has 0 heterocycles. The summed E-state index contributed by atoms with van der Waals surface area (Å²) < 4.78 is 0.